The van der Waals surface area contributed by atoms with Crippen molar-refractivity contribution in [1.82, 2.24) is 10.2 Å². The Balaban J connectivity index is 2.04. The number of benzene rings is 2. The molecule has 1 amide bonds. The van der Waals surface area contributed by atoms with Crippen LogP contribution in [0.2, 0.25) is 0 Å². The Kier molecular flexibility index (Phi) is 5.49. The average Bonchev–Trinajstić information content (AvgIpc) is 3.05. The molecule has 7 nitrogen and oxygen atoms in total. The number of carboxylic acid groups (broad SMARTS) is 1. The quantitative estimate of drug-likeness (QED) is 0.647. The molecule has 0 bridgehead atoms. The first-order valence-electron chi connectivity index (χ1n) is 8.51. The highest BCUT2D eigenvalue weighted by Crippen LogP contribution is 2.32. The number of halogens is 1. The number of aromatic nitrogens is 2. The van der Waals surface area contributed by atoms with Crippen molar-refractivity contribution in [3.8, 4) is 11.1 Å². The molecule has 1 atom stereocenters. The zero-order valence-electron chi connectivity index (χ0n) is 15.1. The molecule has 1 aromatic heterocycles. The molecule has 144 valence electrons. The molecule has 1 unspecified atom stereocenters. The first-order chi connectivity index (χ1) is 13.3. The van der Waals surface area contributed by atoms with Crippen LogP contribution in [0, 0.1) is 12.7 Å². The molecule has 0 saturated heterocycles. The Bertz CT molecular complexity index is 1030. The summed E-state index contributed by atoms with van der Waals surface area (Å²) in [5.41, 5.74) is 7.55. The molecule has 2 aromatic carbocycles. The van der Waals surface area contributed by atoms with Crippen molar-refractivity contribution in [2.45, 2.75) is 25.7 Å². The van der Waals surface area contributed by atoms with Gasteiger partial charge in [0.05, 0.1) is 18.8 Å². The van der Waals surface area contributed by atoms with Gasteiger partial charge in [0, 0.05) is 6.92 Å². The van der Waals surface area contributed by atoms with Crippen LogP contribution in [-0.4, -0.2) is 27.2 Å². The molecular weight excluding hydrogens is 365 g/mol. The van der Waals surface area contributed by atoms with E-state index in [1.54, 1.807) is 37.3 Å². The summed E-state index contributed by atoms with van der Waals surface area (Å²) in [6, 6.07) is 11.3. The standard InChI is InChI=1S/C20H18FN3O4/c1-11-23-24-20(28-11)17(10-19(26)27)15-7-14(8-16(21)9-15)13-4-2-3-12(5-13)6-18(22)25/h2-5,7-9,17H,6,10H2,1H3,(H2,22,25)(H,26,27). The summed E-state index contributed by atoms with van der Waals surface area (Å²) in [6.07, 6.45) is -0.259. The van der Waals surface area contributed by atoms with E-state index in [4.69, 9.17) is 10.2 Å². The van der Waals surface area contributed by atoms with Crippen molar-refractivity contribution in [2.24, 2.45) is 5.73 Å². The number of carboxylic acids is 1. The normalized spacial score (nSPS) is 11.9. The SMILES string of the molecule is Cc1nnc(C(CC(=O)O)c2cc(F)cc(-c3cccc(CC(N)=O)c3)c2)o1. The molecule has 0 radical (unpaired) electrons. The summed E-state index contributed by atoms with van der Waals surface area (Å²) in [6.45, 7) is 1.59. The van der Waals surface area contributed by atoms with Crippen molar-refractivity contribution in [3.05, 3.63) is 71.2 Å². The van der Waals surface area contributed by atoms with Crippen molar-refractivity contribution < 1.29 is 23.5 Å². The van der Waals surface area contributed by atoms with E-state index >= 15 is 0 Å². The molecule has 0 aliphatic carbocycles. The summed E-state index contributed by atoms with van der Waals surface area (Å²) < 4.78 is 19.7. The van der Waals surface area contributed by atoms with Crippen LogP contribution < -0.4 is 5.73 Å². The van der Waals surface area contributed by atoms with E-state index in [-0.39, 0.29) is 18.7 Å². The summed E-state index contributed by atoms with van der Waals surface area (Å²) in [5.74, 6) is -2.46. The van der Waals surface area contributed by atoms with Gasteiger partial charge in [-0.1, -0.05) is 30.3 Å². The van der Waals surface area contributed by atoms with Crippen LogP contribution in [0.5, 0.6) is 0 Å². The number of nitrogens with zero attached hydrogens (tertiary/aromatic N) is 2. The predicted octanol–water partition coefficient (Wildman–Crippen LogP) is 2.82. The maximum Gasteiger partial charge on any atom is 0.304 e. The third-order valence-corrected chi connectivity index (χ3v) is 4.18. The number of nitrogens with two attached hydrogens (primary N) is 1. The molecule has 8 heteroatoms. The van der Waals surface area contributed by atoms with Crippen LogP contribution in [0.3, 0.4) is 0 Å². The second kappa shape index (κ2) is 7.99. The van der Waals surface area contributed by atoms with E-state index in [0.29, 0.717) is 28.1 Å². The Morgan fingerprint density at radius 1 is 1.18 bits per heavy atom. The second-order valence-corrected chi connectivity index (χ2v) is 6.43. The van der Waals surface area contributed by atoms with Gasteiger partial charge in [0.25, 0.3) is 0 Å². The number of hydrogen-bond donors (Lipinski definition) is 2. The molecular formula is C20H18FN3O4. The van der Waals surface area contributed by atoms with Gasteiger partial charge in [-0.15, -0.1) is 10.2 Å². The Labute approximate surface area is 160 Å². The molecule has 0 aliphatic rings. The second-order valence-electron chi connectivity index (χ2n) is 6.43. The van der Waals surface area contributed by atoms with Crippen molar-refractivity contribution in [3.63, 3.8) is 0 Å². The summed E-state index contributed by atoms with van der Waals surface area (Å²) in [5, 5.41) is 16.9. The van der Waals surface area contributed by atoms with Gasteiger partial charge in [-0.3, -0.25) is 9.59 Å². The Hall–Kier alpha value is -3.55. The third-order valence-electron chi connectivity index (χ3n) is 4.18. The monoisotopic (exact) mass is 383 g/mol. The molecule has 3 rings (SSSR count). The van der Waals surface area contributed by atoms with Crippen LogP contribution in [0.4, 0.5) is 4.39 Å². The third kappa shape index (κ3) is 4.59. The number of aliphatic carboxylic acids is 1. The number of carbonyl (C=O) groups excluding carboxylic acids is 1. The molecule has 0 saturated carbocycles. The molecule has 0 fully saturated rings. The topological polar surface area (TPSA) is 119 Å². The minimum Gasteiger partial charge on any atom is -0.481 e. The summed E-state index contributed by atoms with van der Waals surface area (Å²) in [7, 11) is 0. The fourth-order valence-corrected chi connectivity index (χ4v) is 3.02. The van der Waals surface area contributed by atoms with Gasteiger partial charge in [0.2, 0.25) is 17.7 Å². The van der Waals surface area contributed by atoms with Gasteiger partial charge < -0.3 is 15.3 Å². The molecule has 3 aromatic rings. The first-order valence-corrected chi connectivity index (χ1v) is 8.51. The predicted molar refractivity (Wildman–Crippen MR) is 97.9 cm³/mol. The van der Waals surface area contributed by atoms with Crippen LogP contribution >= 0.6 is 0 Å². The smallest absolute Gasteiger partial charge is 0.304 e. The lowest BCUT2D eigenvalue weighted by Crippen LogP contribution is -2.13. The average molecular weight is 383 g/mol. The molecule has 28 heavy (non-hydrogen) atoms. The van der Waals surface area contributed by atoms with Gasteiger partial charge in [0.1, 0.15) is 5.82 Å². The highest BCUT2D eigenvalue weighted by atomic mass is 19.1. The highest BCUT2D eigenvalue weighted by molar-refractivity contribution is 5.77. The lowest BCUT2D eigenvalue weighted by molar-refractivity contribution is -0.137. The largest absolute Gasteiger partial charge is 0.481 e. The van der Waals surface area contributed by atoms with E-state index in [0.717, 1.165) is 0 Å². The number of carbonyl (C=O) groups is 2. The summed E-state index contributed by atoms with van der Waals surface area (Å²) >= 11 is 0. The maximum atomic E-state index is 14.4. The molecule has 0 aliphatic heterocycles. The van der Waals surface area contributed by atoms with Crippen LogP contribution in [0.1, 0.15) is 35.2 Å². The lowest BCUT2D eigenvalue weighted by atomic mass is 9.91. The maximum absolute atomic E-state index is 14.4. The van der Waals surface area contributed by atoms with Crippen LogP contribution in [0.15, 0.2) is 46.9 Å². The van der Waals surface area contributed by atoms with Crippen molar-refractivity contribution >= 4 is 11.9 Å². The number of amides is 1. The van der Waals surface area contributed by atoms with E-state index in [2.05, 4.69) is 10.2 Å². The minimum atomic E-state index is -1.07. The van der Waals surface area contributed by atoms with Crippen LogP contribution in [0.25, 0.3) is 11.1 Å². The lowest BCUT2D eigenvalue weighted by Gasteiger charge is -2.14. The van der Waals surface area contributed by atoms with Crippen molar-refractivity contribution in [1.29, 1.82) is 0 Å². The number of hydrogen-bond acceptors (Lipinski definition) is 5. The minimum absolute atomic E-state index is 0.0684. The molecule has 0 spiro atoms. The van der Waals surface area contributed by atoms with Gasteiger partial charge in [-0.05, 0) is 34.4 Å². The molecule has 3 N–H and O–H groups in total. The number of primary amides is 1. The number of aryl methyl sites for hydroxylation is 1. The van der Waals surface area contributed by atoms with Gasteiger partial charge in [-0.2, -0.15) is 0 Å². The molecule has 1 heterocycles. The number of rotatable bonds is 7. The zero-order valence-corrected chi connectivity index (χ0v) is 15.1. The van der Waals surface area contributed by atoms with E-state index in [1.807, 2.05) is 0 Å². The Morgan fingerprint density at radius 3 is 2.61 bits per heavy atom. The Morgan fingerprint density at radius 2 is 1.96 bits per heavy atom. The van der Waals surface area contributed by atoms with E-state index < -0.39 is 23.6 Å². The van der Waals surface area contributed by atoms with Gasteiger partial charge >= 0.3 is 5.97 Å². The fourth-order valence-electron chi connectivity index (χ4n) is 3.02. The summed E-state index contributed by atoms with van der Waals surface area (Å²) in [4.78, 5) is 22.5. The van der Waals surface area contributed by atoms with Gasteiger partial charge in [0.15, 0.2) is 0 Å². The highest BCUT2D eigenvalue weighted by Gasteiger charge is 2.24. The zero-order chi connectivity index (χ0) is 20.3. The van der Waals surface area contributed by atoms with Crippen LogP contribution in [-0.2, 0) is 16.0 Å². The van der Waals surface area contributed by atoms with Crippen molar-refractivity contribution in [2.75, 3.05) is 0 Å². The van der Waals surface area contributed by atoms with E-state index in [9.17, 15) is 19.1 Å². The fraction of sp³-hybridized carbons (Fsp3) is 0.200. The van der Waals surface area contributed by atoms with Gasteiger partial charge in [-0.25, -0.2) is 4.39 Å². The first kappa shape index (κ1) is 19.2. The van der Waals surface area contributed by atoms with E-state index in [1.165, 1.54) is 12.1 Å².